The smallest absolute Gasteiger partial charge is 0.255 e. The number of nitrogens with one attached hydrogen (secondary N) is 1. The van der Waals surface area contributed by atoms with Crippen LogP contribution in [-0.4, -0.2) is 47.4 Å². The van der Waals surface area contributed by atoms with Crippen LogP contribution in [0, 0.1) is 11.7 Å². The molecule has 0 spiro atoms. The van der Waals surface area contributed by atoms with Gasteiger partial charge in [-0.3, -0.25) is 9.10 Å². The van der Waals surface area contributed by atoms with Gasteiger partial charge in [0.25, 0.3) is 5.91 Å². The van der Waals surface area contributed by atoms with Crippen molar-refractivity contribution in [1.29, 1.82) is 0 Å². The van der Waals surface area contributed by atoms with Crippen molar-refractivity contribution >= 4 is 32.6 Å². The Hall–Kier alpha value is -3.89. The van der Waals surface area contributed by atoms with Crippen LogP contribution in [0.3, 0.4) is 0 Å². The molecule has 3 aromatic carbocycles. The summed E-state index contributed by atoms with van der Waals surface area (Å²) in [4.78, 5) is 12.9. The topological polar surface area (TPSA) is 98.1 Å². The monoisotopic (exact) mass is 538 g/mol. The normalized spacial score (nSPS) is 15.5. The lowest BCUT2D eigenvalue weighted by molar-refractivity contribution is 0.0964. The number of hydrogen-bond donors (Lipinski definition) is 1. The number of halogens is 1. The van der Waals surface area contributed by atoms with Gasteiger partial charge in [0.2, 0.25) is 10.0 Å². The molecule has 8 nitrogen and oxygen atoms in total. The number of ether oxygens (including phenoxy) is 2. The fourth-order valence-corrected chi connectivity index (χ4v) is 5.48. The third kappa shape index (κ3) is 5.36. The maximum atomic E-state index is 13.2. The van der Waals surface area contributed by atoms with Gasteiger partial charge in [-0.2, -0.15) is 0 Å². The van der Waals surface area contributed by atoms with Gasteiger partial charge in [-0.05, 0) is 67.1 Å². The Balaban J connectivity index is 1.50. The predicted octanol–water partition coefficient (Wildman–Crippen LogP) is 5.19. The number of hydrogen-bond acceptors (Lipinski definition) is 6. The molecule has 0 radical (unpaired) electrons. The Labute approximate surface area is 220 Å². The van der Waals surface area contributed by atoms with Crippen LogP contribution in [0.15, 0.2) is 71.1 Å². The van der Waals surface area contributed by atoms with Crippen molar-refractivity contribution < 1.29 is 31.5 Å². The summed E-state index contributed by atoms with van der Waals surface area (Å²) in [6, 6.07) is 17.7. The largest absolute Gasteiger partial charge is 0.457 e. The molecule has 0 saturated carbocycles. The molecule has 1 N–H and O–H groups in total. The molecule has 1 aromatic heterocycles. The Morgan fingerprint density at radius 1 is 1.08 bits per heavy atom. The summed E-state index contributed by atoms with van der Waals surface area (Å²) < 4.78 is 57.2. The van der Waals surface area contributed by atoms with Gasteiger partial charge in [0.1, 0.15) is 28.7 Å². The molecule has 2 heterocycles. The highest BCUT2D eigenvalue weighted by Gasteiger charge is 2.27. The van der Waals surface area contributed by atoms with Crippen molar-refractivity contribution in [2.24, 2.45) is 5.92 Å². The molecule has 1 aliphatic rings. The van der Waals surface area contributed by atoms with E-state index < -0.39 is 10.0 Å². The van der Waals surface area contributed by atoms with Crippen LogP contribution in [-0.2, 0) is 14.8 Å². The molecule has 1 fully saturated rings. The zero-order valence-corrected chi connectivity index (χ0v) is 21.8. The molecule has 1 atom stereocenters. The van der Waals surface area contributed by atoms with Crippen LogP contribution in [0.5, 0.6) is 11.5 Å². The molecular formula is C28H27FN2O6S. The quantitative estimate of drug-likeness (QED) is 0.332. The first-order chi connectivity index (χ1) is 18.2. The summed E-state index contributed by atoms with van der Waals surface area (Å²) in [5.41, 5.74) is 1.82. The molecule has 1 amide bonds. The first-order valence-electron chi connectivity index (χ1n) is 12.1. The van der Waals surface area contributed by atoms with E-state index in [0.29, 0.717) is 64.8 Å². The van der Waals surface area contributed by atoms with E-state index in [1.54, 1.807) is 42.5 Å². The van der Waals surface area contributed by atoms with E-state index in [1.165, 1.54) is 41.9 Å². The highest BCUT2D eigenvalue weighted by atomic mass is 32.2. The number of fused-ring (bicyclic) bond motifs is 1. The number of benzene rings is 3. The fourth-order valence-electron chi connectivity index (χ4n) is 4.50. The second-order valence-electron chi connectivity index (χ2n) is 9.17. The summed E-state index contributed by atoms with van der Waals surface area (Å²) in [6.45, 7) is 1.43. The molecule has 10 heteroatoms. The van der Waals surface area contributed by atoms with Gasteiger partial charge in [-0.25, -0.2) is 12.8 Å². The molecule has 4 aromatic rings. The summed E-state index contributed by atoms with van der Waals surface area (Å²) in [5, 5.41) is 3.22. The van der Waals surface area contributed by atoms with Gasteiger partial charge >= 0.3 is 0 Å². The van der Waals surface area contributed by atoms with Crippen LogP contribution in [0.25, 0.3) is 22.3 Å². The fraction of sp³-hybridized carbons (Fsp3) is 0.250. The molecule has 5 rings (SSSR count). The molecule has 1 unspecified atom stereocenters. The lowest BCUT2D eigenvalue weighted by Gasteiger charge is -2.25. The number of nitrogens with zero attached hydrogens (tertiary/aromatic N) is 1. The van der Waals surface area contributed by atoms with Crippen molar-refractivity contribution in [3.8, 4) is 22.8 Å². The van der Waals surface area contributed by atoms with Crippen molar-refractivity contribution in [3.05, 3.63) is 78.1 Å². The predicted molar refractivity (Wildman–Crippen MR) is 143 cm³/mol. The van der Waals surface area contributed by atoms with Gasteiger partial charge in [-0.15, -0.1) is 0 Å². The Kier molecular flexibility index (Phi) is 7.09. The number of sulfonamides is 1. The summed E-state index contributed by atoms with van der Waals surface area (Å²) >= 11 is 0. The van der Waals surface area contributed by atoms with Crippen LogP contribution in [0.2, 0.25) is 0 Å². The third-order valence-electron chi connectivity index (χ3n) is 6.43. The number of carbonyl (C=O) groups is 1. The lowest BCUT2D eigenvalue weighted by atomic mass is 10.0. The SMILES string of the molecule is CNC(=O)c1c(-c2ccc(Oc3ccc(F)cc3)cc2)oc2cc(N(CC3CCOC3)S(C)(=O)=O)ccc12. The van der Waals surface area contributed by atoms with E-state index in [2.05, 4.69) is 5.32 Å². The van der Waals surface area contributed by atoms with Gasteiger partial charge in [-0.1, -0.05) is 0 Å². The van der Waals surface area contributed by atoms with Gasteiger partial charge in [0.15, 0.2) is 0 Å². The lowest BCUT2D eigenvalue weighted by Crippen LogP contribution is -2.34. The third-order valence-corrected chi connectivity index (χ3v) is 7.59. The number of furan rings is 1. The number of anilines is 1. The van der Waals surface area contributed by atoms with Crippen LogP contribution in [0.4, 0.5) is 10.1 Å². The first-order valence-corrected chi connectivity index (χ1v) is 14.0. The summed E-state index contributed by atoms with van der Waals surface area (Å²) in [6.07, 6.45) is 1.97. The molecule has 38 heavy (non-hydrogen) atoms. The minimum Gasteiger partial charge on any atom is -0.457 e. The second-order valence-corrected chi connectivity index (χ2v) is 11.1. The Morgan fingerprint density at radius 3 is 2.37 bits per heavy atom. The zero-order chi connectivity index (χ0) is 26.9. The van der Waals surface area contributed by atoms with Crippen molar-refractivity contribution in [3.63, 3.8) is 0 Å². The molecule has 198 valence electrons. The van der Waals surface area contributed by atoms with E-state index in [0.717, 1.165) is 6.42 Å². The van der Waals surface area contributed by atoms with E-state index in [9.17, 15) is 17.6 Å². The minimum atomic E-state index is -3.56. The molecular weight excluding hydrogens is 511 g/mol. The Morgan fingerprint density at radius 2 is 1.76 bits per heavy atom. The van der Waals surface area contributed by atoms with Crippen LogP contribution >= 0.6 is 0 Å². The summed E-state index contributed by atoms with van der Waals surface area (Å²) in [5.74, 6) is 0.779. The van der Waals surface area contributed by atoms with Gasteiger partial charge in [0.05, 0.1) is 24.1 Å². The van der Waals surface area contributed by atoms with Crippen LogP contribution < -0.4 is 14.4 Å². The minimum absolute atomic E-state index is 0.102. The number of rotatable bonds is 8. The maximum absolute atomic E-state index is 13.2. The van der Waals surface area contributed by atoms with E-state index in [4.69, 9.17) is 13.9 Å². The average molecular weight is 539 g/mol. The number of carbonyl (C=O) groups excluding carboxylic acids is 1. The standard InChI is InChI=1S/C28H27FN2O6S/c1-30-28(32)26-24-12-7-21(31(38(2,33)34)16-18-13-14-35-17-18)15-25(24)37-27(26)19-3-8-22(9-4-19)36-23-10-5-20(29)6-11-23/h3-12,15,18H,13-14,16-17H2,1-2H3,(H,30,32). The van der Waals surface area contributed by atoms with Crippen LogP contribution in [0.1, 0.15) is 16.8 Å². The molecule has 0 aliphatic carbocycles. The molecule has 1 saturated heterocycles. The highest BCUT2D eigenvalue weighted by molar-refractivity contribution is 7.92. The van der Waals surface area contributed by atoms with E-state index in [-0.39, 0.29) is 17.6 Å². The van der Waals surface area contributed by atoms with E-state index >= 15 is 0 Å². The van der Waals surface area contributed by atoms with Crippen molar-refractivity contribution in [2.75, 3.05) is 37.4 Å². The maximum Gasteiger partial charge on any atom is 0.255 e. The van der Waals surface area contributed by atoms with Crippen molar-refractivity contribution in [2.45, 2.75) is 6.42 Å². The van der Waals surface area contributed by atoms with Gasteiger partial charge < -0.3 is 19.2 Å². The average Bonchev–Trinajstić information content (AvgIpc) is 3.55. The Bertz CT molecular complexity index is 1560. The second kappa shape index (κ2) is 10.5. The molecule has 0 bridgehead atoms. The highest BCUT2D eigenvalue weighted by Crippen LogP contribution is 2.37. The van der Waals surface area contributed by atoms with Crippen molar-refractivity contribution in [1.82, 2.24) is 5.32 Å². The van der Waals surface area contributed by atoms with Gasteiger partial charge in [0, 0.05) is 43.1 Å². The first kappa shape index (κ1) is 25.7. The zero-order valence-electron chi connectivity index (χ0n) is 20.9. The number of amides is 1. The summed E-state index contributed by atoms with van der Waals surface area (Å²) in [7, 11) is -2.03. The molecule has 1 aliphatic heterocycles. The van der Waals surface area contributed by atoms with E-state index in [1.807, 2.05) is 0 Å².